The number of hydrogen-bond donors (Lipinski definition) is 0. The van der Waals surface area contributed by atoms with Crippen molar-refractivity contribution in [1.82, 2.24) is 4.98 Å². The number of hydrogen-bond acceptors (Lipinski definition) is 1. The Labute approximate surface area is 74.8 Å². The highest BCUT2D eigenvalue weighted by atomic mass is 14.7. The fourth-order valence-electron chi connectivity index (χ4n) is 1.42. The number of aromatic nitrogens is 1. The molecular formula is C11H17N. The van der Waals surface area contributed by atoms with Gasteiger partial charge in [-0.05, 0) is 30.4 Å². The molecule has 1 nitrogen and oxygen atoms in total. The monoisotopic (exact) mass is 163 g/mol. The molecule has 1 heteroatoms. The summed E-state index contributed by atoms with van der Waals surface area (Å²) < 4.78 is 0. The van der Waals surface area contributed by atoms with Crippen LogP contribution in [-0.2, 0) is 12.8 Å². The highest BCUT2D eigenvalue weighted by Crippen LogP contribution is 2.11. The SMILES string of the molecule is CCc1ncccc1CC(C)C. The topological polar surface area (TPSA) is 12.9 Å². The van der Waals surface area contributed by atoms with Crippen LogP contribution in [0.4, 0.5) is 0 Å². The van der Waals surface area contributed by atoms with Crippen LogP contribution in [0.25, 0.3) is 0 Å². The Hall–Kier alpha value is -0.850. The molecule has 1 aromatic heterocycles. The Morgan fingerprint density at radius 1 is 1.42 bits per heavy atom. The molecule has 0 saturated carbocycles. The van der Waals surface area contributed by atoms with Crippen LogP contribution in [0.1, 0.15) is 32.0 Å². The van der Waals surface area contributed by atoms with E-state index in [1.807, 2.05) is 12.3 Å². The minimum Gasteiger partial charge on any atom is -0.261 e. The summed E-state index contributed by atoms with van der Waals surface area (Å²) >= 11 is 0. The van der Waals surface area contributed by atoms with Gasteiger partial charge in [0.2, 0.25) is 0 Å². The molecule has 0 bridgehead atoms. The van der Waals surface area contributed by atoms with Crippen LogP contribution in [0, 0.1) is 5.92 Å². The van der Waals surface area contributed by atoms with E-state index in [4.69, 9.17) is 0 Å². The van der Waals surface area contributed by atoms with Crippen molar-refractivity contribution in [1.29, 1.82) is 0 Å². The maximum Gasteiger partial charge on any atom is 0.0432 e. The summed E-state index contributed by atoms with van der Waals surface area (Å²) in [4.78, 5) is 4.35. The average Bonchev–Trinajstić information content (AvgIpc) is 2.04. The maximum atomic E-state index is 4.35. The van der Waals surface area contributed by atoms with E-state index in [1.165, 1.54) is 11.3 Å². The summed E-state index contributed by atoms with van der Waals surface area (Å²) in [5.41, 5.74) is 2.67. The Bertz CT molecular complexity index is 241. The number of pyridine rings is 1. The normalized spacial score (nSPS) is 10.7. The number of nitrogens with zero attached hydrogens (tertiary/aromatic N) is 1. The summed E-state index contributed by atoms with van der Waals surface area (Å²) in [7, 11) is 0. The molecule has 0 fully saturated rings. The van der Waals surface area contributed by atoms with Crippen molar-refractivity contribution in [2.75, 3.05) is 0 Å². The summed E-state index contributed by atoms with van der Waals surface area (Å²) in [6, 6.07) is 4.21. The minimum atomic E-state index is 0.722. The third-order valence-corrected chi connectivity index (χ3v) is 1.95. The van der Waals surface area contributed by atoms with Crippen LogP contribution < -0.4 is 0 Å². The van der Waals surface area contributed by atoms with Crippen LogP contribution in [0.2, 0.25) is 0 Å². The zero-order chi connectivity index (χ0) is 8.97. The van der Waals surface area contributed by atoms with Crippen molar-refractivity contribution >= 4 is 0 Å². The summed E-state index contributed by atoms with van der Waals surface area (Å²) in [5, 5.41) is 0. The molecule has 0 aromatic carbocycles. The predicted octanol–water partition coefficient (Wildman–Crippen LogP) is 2.84. The van der Waals surface area contributed by atoms with E-state index in [0.29, 0.717) is 0 Å². The third-order valence-electron chi connectivity index (χ3n) is 1.95. The van der Waals surface area contributed by atoms with Gasteiger partial charge < -0.3 is 0 Å². The van der Waals surface area contributed by atoms with Gasteiger partial charge in [-0.15, -0.1) is 0 Å². The maximum absolute atomic E-state index is 4.35. The number of rotatable bonds is 3. The lowest BCUT2D eigenvalue weighted by Gasteiger charge is -2.08. The second-order valence-electron chi connectivity index (χ2n) is 3.56. The molecule has 0 saturated heterocycles. The van der Waals surface area contributed by atoms with E-state index in [-0.39, 0.29) is 0 Å². The van der Waals surface area contributed by atoms with E-state index >= 15 is 0 Å². The second-order valence-corrected chi connectivity index (χ2v) is 3.56. The van der Waals surface area contributed by atoms with Gasteiger partial charge in [-0.3, -0.25) is 4.98 Å². The lowest BCUT2D eigenvalue weighted by Crippen LogP contribution is -2.00. The van der Waals surface area contributed by atoms with Crippen molar-refractivity contribution < 1.29 is 0 Å². The molecule has 1 heterocycles. The first-order valence-electron chi connectivity index (χ1n) is 4.66. The van der Waals surface area contributed by atoms with Crippen molar-refractivity contribution in [2.45, 2.75) is 33.6 Å². The molecular weight excluding hydrogens is 146 g/mol. The van der Waals surface area contributed by atoms with Gasteiger partial charge in [-0.25, -0.2) is 0 Å². The first-order valence-corrected chi connectivity index (χ1v) is 4.66. The second kappa shape index (κ2) is 4.24. The molecule has 1 rings (SSSR count). The van der Waals surface area contributed by atoms with Gasteiger partial charge in [0.25, 0.3) is 0 Å². The Morgan fingerprint density at radius 3 is 2.75 bits per heavy atom. The van der Waals surface area contributed by atoms with Crippen molar-refractivity contribution in [3.63, 3.8) is 0 Å². The first-order chi connectivity index (χ1) is 5.74. The van der Waals surface area contributed by atoms with Crippen LogP contribution in [0.15, 0.2) is 18.3 Å². The van der Waals surface area contributed by atoms with Gasteiger partial charge in [0.15, 0.2) is 0 Å². The molecule has 66 valence electrons. The standard InChI is InChI=1S/C11H17N/c1-4-11-10(8-9(2)3)6-5-7-12-11/h5-7,9H,4,8H2,1-3H3. The van der Waals surface area contributed by atoms with Crippen LogP contribution >= 0.6 is 0 Å². The number of aryl methyl sites for hydroxylation is 1. The summed E-state index contributed by atoms with van der Waals surface area (Å²) in [6.07, 6.45) is 4.07. The van der Waals surface area contributed by atoms with Gasteiger partial charge >= 0.3 is 0 Å². The van der Waals surface area contributed by atoms with Gasteiger partial charge in [0, 0.05) is 11.9 Å². The molecule has 1 aromatic rings. The molecule has 0 atom stereocenters. The molecule has 0 spiro atoms. The smallest absolute Gasteiger partial charge is 0.0432 e. The molecule has 0 unspecified atom stereocenters. The Kier molecular flexibility index (Phi) is 3.27. The van der Waals surface area contributed by atoms with Crippen molar-refractivity contribution in [3.05, 3.63) is 29.6 Å². The molecule has 0 N–H and O–H groups in total. The van der Waals surface area contributed by atoms with E-state index in [0.717, 1.165) is 18.8 Å². The van der Waals surface area contributed by atoms with Crippen LogP contribution in [-0.4, -0.2) is 4.98 Å². The van der Waals surface area contributed by atoms with E-state index in [2.05, 4.69) is 31.8 Å². The van der Waals surface area contributed by atoms with Gasteiger partial charge in [-0.2, -0.15) is 0 Å². The van der Waals surface area contributed by atoms with Gasteiger partial charge in [0.1, 0.15) is 0 Å². The molecule has 0 radical (unpaired) electrons. The van der Waals surface area contributed by atoms with Crippen LogP contribution in [0.5, 0.6) is 0 Å². The lowest BCUT2D eigenvalue weighted by molar-refractivity contribution is 0.640. The van der Waals surface area contributed by atoms with Crippen molar-refractivity contribution in [2.24, 2.45) is 5.92 Å². The van der Waals surface area contributed by atoms with E-state index in [1.54, 1.807) is 0 Å². The molecule has 0 aliphatic carbocycles. The van der Waals surface area contributed by atoms with E-state index < -0.39 is 0 Å². The predicted molar refractivity (Wildman–Crippen MR) is 52.2 cm³/mol. The molecule has 12 heavy (non-hydrogen) atoms. The summed E-state index contributed by atoms with van der Waals surface area (Å²) in [5.74, 6) is 0.722. The Morgan fingerprint density at radius 2 is 2.17 bits per heavy atom. The highest BCUT2D eigenvalue weighted by Gasteiger charge is 2.02. The lowest BCUT2D eigenvalue weighted by atomic mass is 10.0. The van der Waals surface area contributed by atoms with Gasteiger partial charge in [0.05, 0.1) is 0 Å². The first kappa shape index (κ1) is 9.24. The quantitative estimate of drug-likeness (QED) is 0.667. The zero-order valence-corrected chi connectivity index (χ0v) is 8.17. The largest absolute Gasteiger partial charge is 0.261 e. The van der Waals surface area contributed by atoms with Crippen LogP contribution in [0.3, 0.4) is 0 Å². The average molecular weight is 163 g/mol. The van der Waals surface area contributed by atoms with E-state index in [9.17, 15) is 0 Å². The zero-order valence-electron chi connectivity index (χ0n) is 8.17. The third kappa shape index (κ3) is 2.33. The highest BCUT2D eigenvalue weighted by molar-refractivity contribution is 5.19. The molecule has 0 aliphatic heterocycles. The Balaban J connectivity index is 2.82. The fraction of sp³-hybridized carbons (Fsp3) is 0.545. The van der Waals surface area contributed by atoms with Crippen molar-refractivity contribution in [3.8, 4) is 0 Å². The van der Waals surface area contributed by atoms with Gasteiger partial charge in [-0.1, -0.05) is 26.8 Å². The fourth-order valence-corrected chi connectivity index (χ4v) is 1.42. The minimum absolute atomic E-state index is 0.722. The molecule has 0 aliphatic rings. The molecule has 0 amide bonds. The summed E-state index contributed by atoms with van der Waals surface area (Å²) in [6.45, 7) is 6.64.